The molecule has 0 amide bonds. The van der Waals surface area contributed by atoms with Gasteiger partial charge in [-0.1, -0.05) is 121 Å². The molecular formula is C38H27N. The molecule has 2 aliphatic rings. The Bertz CT molecular complexity index is 1820. The normalized spacial score (nSPS) is 13.7. The molecular weight excluding hydrogens is 470 g/mol. The van der Waals surface area contributed by atoms with Crippen molar-refractivity contribution >= 4 is 11.4 Å². The van der Waals surface area contributed by atoms with E-state index < -0.39 is 0 Å². The monoisotopic (exact) mass is 497 g/mol. The highest BCUT2D eigenvalue weighted by Crippen LogP contribution is 2.56. The molecule has 0 spiro atoms. The maximum atomic E-state index is 3.74. The molecule has 0 saturated carbocycles. The molecule has 0 heterocycles. The highest BCUT2D eigenvalue weighted by atomic mass is 14.9. The molecule has 6 aromatic carbocycles. The molecule has 2 aliphatic carbocycles. The zero-order chi connectivity index (χ0) is 25.8. The Kier molecular flexibility index (Phi) is 4.87. The Morgan fingerprint density at radius 3 is 1.77 bits per heavy atom. The third kappa shape index (κ3) is 3.26. The molecule has 184 valence electrons. The van der Waals surface area contributed by atoms with E-state index >= 15 is 0 Å². The first-order valence-corrected chi connectivity index (χ1v) is 13.7. The van der Waals surface area contributed by atoms with E-state index in [0.717, 1.165) is 17.8 Å². The van der Waals surface area contributed by atoms with Gasteiger partial charge >= 0.3 is 0 Å². The summed E-state index contributed by atoms with van der Waals surface area (Å²) in [5, 5.41) is 3.74. The van der Waals surface area contributed by atoms with Crippen molar-refractivity contribution in [1.29, 1.82) is 0 Å². The second-order valence-electron chi connectivity index (χ2n) is 10.6. The van der Waals surface area contributed by atoms with Gasteiger partial charge in [-0.2, -0.15) is 0 Å². The Morgan fingerprint density at radius 2 is 1.00 bits per heavy atom. The fourth-order valence-electron chi connectivity index (χ4n) is 6.93. The smallest absolute Gasteiger partial charge is 0.0714 e. The van der Waals surface area contributed by atoms with Gasteiger partial charge in [-0.25, -0.2) is 0 Å². The van der Waals surface area contributed by atoms with Gasteiger partial charge < -0.3 is 5.32 Å². The van der Waals surface area contributed by atoms with Gasteiger partial charge in [0.25, 0.3) is 0 Å². The predicted octanol–water partition coefficient (Wildman–Crippen LogP) is 9.36. The van der Waals surface area contributed by atoms with Crippen LogP contribution in [0.15, 0.2) is 146 Å². The van der Waals surface area contributed by atoms with Crippen molar-refractivity contribution in [3.05, 3.63) is 179 Å². The molecule has 1 nitrogen and oxygen atoms in total. The number of fused-ring (bicyclic) bond motifs is 6. The predicted molar refractivity (Wildman–Crippen MR) is 162 cm³/mol. The first-order valence-electron chi connectivity index (χ1n) is 13.7. The number of benzene rings is 6. The summed E-state index contributed by atoms with van der Waals surface area (Å²) in [5.74, 6) is 0. The molecule has 0 atom stereocenters. The van der Waals surface area contributed by atoms with Gasteiger partial charge in [-0.3, -0.25) is 0 Å². The molecule has 0 fully saturated rings. The van der Waals surface area contributed by atoms with E-state index in [2.05, 4.69) is 151 Å². The zero-order valence-electron chi connectivity index (χ0n) is 21.6. The van der Waals surface area contributed by atoms with Crippen LogP contribution in [0, 0.1) is 0 Å². The van der Waals surface area contributed by atoms with Gasteiger partial charge in [0.15, 0.2) is 0 Å². The van der Waals surface area contributed by atoms with Crippen molar-refractivity contribution in [3.8, 4) is 22.3 Å². The zero-order valence-corrected chi connectivity index (χ0v) is 21.6. The van der Waals surface area contributed by atoms with Gasteiger partial charge in [0.1, 0.15) is 0 Å². The van der Waals surface area contributed by atoms with Crippen molar-refractivity contribution in [2.24, 2.45) is 0 Å². The van der Waals surface area contributed by atoms with Gasteiger partial charge in [0.2, 0.25) is 0 Å². The van der Waals surface area contributed by atoms with Crippen LogP contribution in [0.4, 0.5) is 11.4 Å². The fourth-order valence-corrected chi connectivity index (χ4v) is 6.93. The molecule has 39 heavy (non-hydrogen) atoms. The van der Waals surface area contributed by atoms with Crippen LogP contribution in [0.25, 0.3) is 22.3 Å². The molecule has 0 unspecified atom stereocenters. The van der Waals surface area contributed by atoms with Crippen LogP contribution in [0.3, 0.4) is 0 Å². The summed E-state index contributed by atoms with van der Waals surface area (Å²) in [5.41, 5.74) is 15.2. The summed E-state index contributed by atoms with van der Waals surface area (Å²) in [4.78, 5) is 0. The molecule has 6 aromatic rings. The van der Waals surface area contributed by atoms with Crippen LogP contribution >= 0.6 is 0 Å². The summed E-state index contributed by atoms with van der Waals surface area (Å²) >= 11 is 0. The van der Waals surface area contributed by atoms with E-state index in [1.165, 1.54) is 55.6 Å². The Hall–Kier alpha value is -4.88. The number of anilines is 2. The quantitative estimate of drug-likeness (QED) is 0.255. The minimum Gasteiger partial charge on any atom is -0.356 e. The van der Waals surface area contributed by atoms with E-state index in [1.807, 2.05) is 0 Å². The second kappa shape index (κ2) is 8.58. The summed E-state index contributed by atoms with van der Waals surface area (Å²) in [6.45, 7) is 0. The number of hydrogen-bond acceptors (Lipinski definition) is 1. The molecule has 1 N–H and O–H groups in total. The number of hydrogen-bond donors (Lipinski definition) is 1. The van der Waals surface area contributed by atoms with Gasteiger partial charge in [0.05, 0.1) is 5.41 Å². The lowest BCUT2D eigenvalue weighted by molar-refractivity contribution is 0.769. The standard InChI is InChI=1S/C38H27N/c1-2-12-28(13-3-1)38(36-19-8-6-17-34(36)35-18-7-9-20-37(35)38)29-14-10-15-30(25-29)39-31-21-22-33-27(24-31)23-26-11-4-5-16-32(26)33/h1-22,24-25,39H,23H2. The number of rotatable bonds is 4. The van der Waals surface area contributed by atoms with E-state index in [0.29, 0.717) is 0 Å². The van der Waals surface area contributed by atoms with Crippen molar-refractivity contribution in [1.82, 2.24) is 0 Å². The van der Waals surface area contributed by atoms with E-state index in [-0.39, 0.29) is 5.41 Å². The summed E-state index contributed by atoms with van der Waals surface area (Å²) in [7, 11) is 0. The largest absolute Gasteiger partial charge is 0.356 e. The SMILES string of the molecule is c1ccc(C2(c3cccc(Nc4ccc5c(c4)Cc4ccccc4-5)c3)c3ccccc3-c3ccccc32)cc1. The lowest BCUT2D eigenvalue weighted by atomic mass is 9.67. The van der Waals surface area contributed by atoms with Crippen LogP contribution < -0.4 is 5.32 Å². The van der Waals surface area contributed by atoms with Gasteiger partial charge in [0, 0.05) is 11.4 Å². The molecule has 0 bridgehead atoms. The first-order chi connectivity index (χ1) is 19.3. The van der Waals surface area contributed by atoms with Gasteiger partial charge in [-0.15, -0.1) is 0 Å². The third-order valence-electron chi connectivity index (χ3n) is 8.54. The molecule has 0 aromatic heterocycles. The van der Waals surface area contributed by atoms with Crippen LogP contribution in [0.1, 0.15) is 33.4 Å². The Labute approximate surface area is 229 Å². The molecule has 1 heteroatoms. The van der Waals surface area contributed by atoms with Crippen LogP contribution in [-0.4, -0.2) is 0 Å². The van der Waals surface area contributed by atoms with E-state index in [4.69, 9.17) is 0 Å². The van der Waals surface area contributed by atoms with Crippen molar-refractivity contribution < 1.29 is 0 Å². The molecule has 0 aliphatic heterocycles. The lowest BCUT2D eigenvalue weighted by Crippen LogP contribution is -2.28. The topological polar surface area (TPSA) is 12.0 Å². The first kappa shape index (κ1) is 22.1. The fraction of sp³-hybridized carbons (Fsp3) is 0.0526. The highest BCUT2D eigenvalue weighted by Gasteiger charge is 2.45. The summed E-state index contributed by atoms with van der Waals surface area (Å²) < 4.78 is 0. The Morgan fingerprint density at radius 1 is 0.410 bits per heavy atom. The number of nitrogens with one attached hydrogen (secondary N) is 1. The van der Waals surface area contributed by atoms with Crippen LogP contribution in [-0.2, 0) is 11.8 Å². The van der Waals surface area contributed by atoms with Gasteiger partial charge in [-0.05, 0) is 86.3 Å². The van der Waals surface area contributed by atoms with Crippen LogP contribution in [0.5, 0.6) is 0 Å². The minimum absolute atomic E-state index is 0.383. The van der Waals surface area contributed by atoms with E-state index in [9.17, 15) is 0 Å². The molecule has 0 saturated heterocycles. The van der Waals surface area contributed by atoms with Crippen molar-refractivity contribution in [2.75, 3.05) is 5.32 Å². The summed E-state index contributed by atoms with van der Waals surface area (Å²) in [6.07, 6.45) is 0.992. The highest BCUT2D eigenvalue weighted by molar-refractivity contribution is 5.86. The van der Waals surface area contributed by atoms with Crippen molar-refractivity contribution in [3.63, 3.8) is 0 Å². The van der Waals surface area contributed by atoms with Crippen molar-refractivity contribution in [2.45, 2.75) is 11.8 Å². The lowest BCUT2D eigenvalue weighted by Gasteiger charge is -2.34. The molecule has 0 radical (unpaired) electrons. The summed E-state index contributed by atoms with van der Waals surface area (Å²) in [6, 6.07) is 53.3. The maximum Gasteiger partial charge on any atom is 0.0714 e. The third-order valence-corrected chi connectivity index (χ3v) is 8.54. The second-order valence-corrected chi connectivity index (χ2v) is 10.6. The molecule has 8 rings (SSSR count). The van der Waals surface area contributed by atoms with Crippen LogP contribution in [0.2, 0.25) is 0 Å². The average molecular weight is 498 g/mol. The van der Waals surface area contributed by atoms with E-state index in [1.54, 1.807) is 0 Å². The average Bonchev–Trinajstić information content (AvgIpc) is 3.51. The minimum atomic E-state index is -0.383. The Balaban J connectivity index is 1.26. The maximum absolute atomic E-state index is 3.74.